The fourth-order valence-electron chi connectivity index (χ4n) is 1.21. The number of pyridine rings is 1. The third-order valence-electron chi connectivity index (χ3n) is 1.90. The second-order valence-electron chi connectivity index (χ2n) is 3.12. The maximum Gasteiger partial charge on any atom is 0.573 e. The van der Waals surface area contributed by atoms with Gasteiger partial charge in [-0.15, -0.1) is 13.2 Å². The summed E-state index contributed by atoms with van der Waals surface area (Å²) in [7, 11) is 0. The van der Waals surface area contributed by atoms with Gasteiger partial charge in [-0.1, -0.05) is 15.9 Å². The van der Waals surface area contributed by atoms with Crippen LogP contribution in [-0.4, -0.2) is 16.5 Å². The van der Waals surface area contributed by atoms with Crippen molar-refractivity contribution in [2.24, 2.45) is 0 Å². The summed E-state index contributed by atoms with van der Waals surface area (Å²) in [6.07, 6.45) is -7.96. The van der Waals surface area contributed by atoms with Gasteiger partial charge in [-0.2, -0.15) is 0 Å². The number of aliphatic hydroxyl groups is 1. The van der Waals surface area contributed by atoms with E-state index in [9.17, 15) is 22.0 Å². The van der Waals surface area contributed by atoms with Gasteiger partial charge in [0.25, 0.3) is 6.43 Å². The summed E-state index contributed by atoms with van der Waals surface area (Å²) < 4.78 is 65.0. The summed E-state index contributed by atoms with van der Waals surface area (Å²) in [4.78, 5) is 3.36. The van der Waals surface area contributed by atoms with E-state index in [1.165, 1.54) is 0 Å². The maximum absolute atomic E-state index is 12.5. The molecule has 18 heavy (non-hydrogen) atoms. The molecule has 0 aliphatic heterocycles. The van der Waals surface area contributed by atoms with Crippen molar-refractivity contribution in [1.29, 1.82) is 0 Å². The highest BCUT2D eigenvalue weighted by atomic mass is 79.9. The Bertz CT molecular complexity index is 424. The van der Waals surface area contributed by atoms with Gasteiger partial charge in [0.05, 0.1) is 12.3 Å². The Morgan fingerprint density at radius 3 is 2.39 bits per heavy atom. The zero-order valence-corrected chi connectivity index (χ0v) is 10.2. The molecule has 0 aliphatic rings. The molecule has 0 atom stereocenters. The normalized spacial score (nSPS) is 12.0. The molecule has 1 aromatic heterocycles. The molecule has 0 fully saturated rings. The first-order chi connectivity index (χ1) is 8.28. The SMILES string of the molecule is OCc1cc(OC(F)(F)F)c(CBr)nc1C(F)F. The number of rotatable bonds is 4. The third-order valence-corrected chi connectivity index (χ3v) is 2.43. The number of aromatic nitrogens is 1. The lowest BCUT2D eigenvalue weighted by Crippen LogP contribution is -2.19. The summed E-state index contributed by atoms with van der Waals surface area (Å²) in [6.45, 7) is -0.858. The molecule has 0 aliphatic carbocycles. The van der Waals surface area contributed by atoms with Crippen LogP contribution in [0.2, 0.25) is 0 Å². The molecule has 1 N–H and O–H groups in total. The fourth-order valence-corrected chi connectivity index (χ4v) is 1.61. The second-order valence-corrected chi connectivity index (χ2v) is 3.68. The first-order valence-corrected chi connectivity index (χ1v) is 5.64. The number of hydrogen-bond donors (Lipinski definition) is 1. The van der Waals surface area contributed by atoms with Gasteiger partial charge >= 0.3 is 6.36 Å². The Kier molecular flexibility index (Phi) is 4.85. The minimum atomic E-state index is -4.96. The molecule has 0 unspecified atom stereocenters. The number of nitrogens with zero attached hydrogens (tertiary/aromatic N) is 1. The molecule has 9 heteroatoms. The Labute approximate surface area is 107 Å². The van der Waals surface area contributed by atoms with E-state index >= 15 is 0 Å². The molecule has 1 heterocycles. The van der Waals surface area contributed by atoms with Crippen LogP contribution in [0.25, 0.3) is 0 Å². The van der Waals surface area contributed by atoms with Gasteiger partial charge in [0.15, 0.2) is 5.75 Å². The zero-order chi connectivity index (χ0) is 13.9. The fraction of sp³-hybridized carbons (Fsp3) is 0.444. The van der Waals surface area contributed by atoms with Crippen molar-refractivity contribution in [3.05, 3.63) is 23.0 Å². The van der Waals surface area contributed by atoms with Gasteiger partial charge in [0.1, 0.15) is 5.69 Å². The quantitative estimate of drug-likeness (QED) is 0.678. The van der Waals surface area contributed by atoms with E-state index in [4.69, 9.17) is 5.11 Å². The monoisotopic (exact) mass is 335 g/mol. The van der Waals surface area contributed by atoms with Crippen molar-refractivity contribution in [3.8, 4) is 5.75 Å². The first-order valence-electron chi connectivity index (χ1n) is 4.52. The van der Waals surface area contributed by atoms with Gasteiger partial charge in [-0.25, -0.2) is 13.8 Å². The van der Waals surface area contributed by atoms with E-state index in [0.29, 0.717) is 6.07 Å². The highest BCUT2D eigenvalue weighted by Gasteiger charge is 2.33. The number of ether oxygens (including phenoxy) is 1. The average molecular weight is 336 g/mol. The molecule has 0 aromatic carbocycles. The van der Waals surface area contributed by atoms with Crippen LogP contribution in [0.5, 0.6) is 5.75 Å². The molecule has 0 saturated heterocycles. The van der Waals surface area contributed by atoms with Gasteiger partial charge in [-0.3, -0.25) is 0 Å². The third kappa shape index (κ3) is 3.77. The van der Waals surface area contributed by atoms with E-state index in [2.05, 4.69) is 25.7 Å². The lowest BCUT2D eigenvalue weighted by molar-refractivity contribution is -0.275. The number of halogens is 6. The maximum atomic E-state index is 12.5. The Morgan fingerprint density at radius 2 is 2.00 bits per heavy atom. The largest absolute Gasteiger partial charge is 0.573 e. The molecule has 102 valence electrons. The summed E-state index contributed by atoms with van der Waals surface area (Å²) >= 11 is 2.83. The van der Waals surface area contributed by atoms with Crippen LogP contribution in [0.3, 0.4) is 0 Å². The topological polar surface area (TPSA) is 42.4 Å². The minimum absolute atomic E-state index is 0.191. The molecule has 0 bridgehead atoms. The van der Waals surface area contributed by atoms with E-state index in [0.717, 1.165) is 0 Å². The molecule has 0 amide bonds. The Hall–Kier alpha value is -0.960. The van der Waals surface area contributed by atoms with Gasteiger partial charge in [0, 0.05) is 10.9 Å². The van der Waals surface area contributed by atoms with Crippen LogP contribution in [0, 0.1) is 0 Å². The molecule has 1 rings (SSSR count). The number of aliphatic hydroxyl groups excluding tert-OH is 1. The number of alkyl halides is 6. The van der Waals surface area contributed by atoms with Crippen molar-refractivity contribution in [2.45, 2.75) is 24.7 Å². The van der Waals surface area contributed by atoms with Gasteiger partial charge in [-0.05, 0) is 6.07 Å². The van der Waals surface area contributed by atoms with Crippen LogP contribution in [-0.2, 0) is 11.9 Å². The van der Waals surface area contributed by atoms with Crippen molar-refractivity contribution in [3.63, 3.8) is 0 Å². The molecule has 0 spiro atoms. The van der Waals surface area contributed by atoms with Crippen LogP contribution < -0.4 is 4.74 Å². The molecule has 3 nitrogen and oxygen atoms in total. The first kappa shape index (κ1) is 15.1. The highest BCUT2D eigenvalue weighted by molar-refractivity contribution is 9.08. The lowest BCUT2D eigenvalue weighted by Gasteiger charge is -2.15. The molecule has 1 aromatic rings. The molecular formula is C9H7BrF5NO2. The smallest absolute Gasteiger partial charge is 0.404 e. The Morgan fingerprint density at radius 1 is 1.39 bits per heavy atom. The van der Waals surface area contributed by atoms with Crippen LogP contribution in [0.1, 0.15) is 23.4 Å². The van der Waals surface area contributed by atoms with Crippen LogP contribution >= 0.6 is 15.9 Å². The molecule has 0 saturated carbocycles. The van der Waals surface area contributed by atoms with Crippen LogP contribution in [0.15, 0.2) is 6.07 Å². The predicted molar refractivity (Wildman–Crippen MR) is 54.4 cm³/mol. The van der Waals surface area contributed by atoms with E-state index in [-0.39, 0.29) is 11.0 Å². The standard InChI is InChI=1S/C9H7BrF5NO2/c10-2-5-6(18-9(13,14)15)1-4(3-17)7(16-5)8(11)12/h1,8,17H,2-3H2. The average Bonchev–Trinajstić information content (AvgIpc) is 2.25. The Balaban J connectivity index is 3.26. The van der Waals surface area contributed by atoms with E-state index in [1.807, 2.05) is 0 Å². The molecule has 0 radical (unpaired) electrons. The number of hydrogen-bond acceptors (Lipinski definition) is 3. The van der Waals surface area contributed by atoms with E-state index < -0.39 is 36.4 Å². The van der Waals surface area contributed by atoms with E-state index in [1.54, 1.807) is 0 Å². The lowest BCUT2D eigenvalue weighted by atomic mass is 10.1. The predicted octanol–water partition coefficient (Wildman–Crippen LogP) is 3.31. The van der Waals surface area contributed by atoms with Gasteiger partial charge in [0.2, 0.25) is 0 Å². The van der Waals surface area contributed by atoms with Crippen molar-refractivity contribution < 1.29 is 31.8 Å². The van der Waals surface area contributed by atoms with Crippen molar-refractivity contribution in [1.82, 2.24) is 4.98 Å². The summed E-state index contributed by atoms with van der Waals surface area (Å²) in [5.74, 6) is -0.715. The minimum Gasteiger partial charge on any atom is -0.404 e. The summed E-state index contributed by atoms with van der Waals surface area (Å²) in [6, 6.07) is 0.707. The molecular weight excluding hydrogens is 329 g/mol. The van der Waals surface area contributed by atoms with Crippen molar-refractivity contribution in [2.75, 3.05) is 0 Å². The van der Waals surface area contributed by atoms with Gasteiger partial charge < -0.3 is 9.84 Å². The highest BCUT2D eigenvalue weighted by Crippen LogP contribution is 2.31. The second kappa shape index (κ2) is 5.79. The van der Waals surface area contributed by atoms with Crippen molar-refractivity contribution >= 4 is 15.9 Å². The summed E-state index contributed by atoms with van der Waals surface area (Å²) in [5.41, 5.74) is -1.49. The van der Waals surface area contributed by atoms with Crippen LogP contribution in [0.4, 0.5) is 22.0 Å². The zero-order valence-electron chi connectivity index (χ0n) is 8.64. The summed E-state index contributed by atoms with van der Waals surface area (Å²) in [5, 5.41) is 8.64.